The molecule has 1 saturated heterocycles. The number of unbranched alkanes of at least 4 members (excludes halogenated alkanes) is 1. The van der Waals surface area contributed by atoms with Crippen molar-refractivity contribution in [2.75, 3.05) is 44.6 Å². The highest BCUT2D eigenvalue weighted by Gasteiger charge is 2.22. The Bertz CT molecular complexity index is 1020. The van der Waals surface area contributed by atoms with Crippen molar-refractivity contribution < 1.29 is 17.9 Å². The number of nitrogens with one attached hydrogen (secondary N) is 1. The van der Waals surface area contributed by atoms with Gasteiger partial charge in [-0.3, -0.25) is 9.10 Å². The number of sulfonamides is 1. The van der Waals surface area contributed by atoms with E-state index in [1.165, 1.54) is 49.4 Å². The third-order valence-electron chi connectivity index (χ3n) is 6.12. The average Bonchev–Trinajstić information content (AvgIpc) is 2.83. The summed E-state index contributed by atoms with van der Waals surface area (Å²) >= 11 is 0. The van der Waals surface area contributed by atoms with E-state index in [1.807, 2.05) is 0 Å². The summed E-state index contributed by atoms with van der Waals surface area (Å²) in [6.07, 6.45) is 4.52. The van der Waals surface area contributed by atoms with Crippen LogP contribution in [-0.4, -0.2) is 59.6 Å². The molecule has 1 aliphatic rings. The predicted octanol–water partition coefficient (Wildman–Crippen LogP) is 3.76. The van der Waals surface area contributed by atoms with Crippen molar-refractivity contribution in [3.05, 3.63) is 54.1 Å². The molecule has 8 heteroatoms. The second kappa shape index (κ2) is 11.5. The van der Waals surface area contributed by atoms with E-state index < -0.39 is 10.0 Å². The quantitative estimate of drug-likeness (QED) is 0.532. The Kier molecular flexibility index (Phi) is 8.74. The van der Waals surface area contributed by atoms with Crippen LogP contribution in [-0.2, 0) is 10.0 Å². The van der Waals surface area contributed by atoms with E-state index in [1.54, 1.807) is 43.5 Å². The molecule has 0 bridgehead atoms. The Morgan fingerprint density at radius 2 is 1.94 bits per heavy atom. The highest BCUT2D eigenvalue weighted by molar-refractivity contribution is 7.92. The van der Waals surface area contributed by atoms with Gasteiger partial charge in [0.1, 0.15) is 5.75 Å². The highest BCUT2D eigenvalue weighted by atomic mass is 32.2. The van der Waals surface area contributed by atoms with Crippen LogP contribution in [0.3, 0.4) is 0 Å². The third-order valence-corrected chi connectivity index (χ3v) is 7.90. The summed E-state index contributed by atoms with van der Waals surface area (Å²) in [6.45, 7) is 6.27. The summed E-state index contributed by atoms with van der Waals surface area (Å²) < 4.78 is 32.5. The van der Waals surface area contributed by atoms with E-state index in [0.717, 1.165) is 25.3 Å². The zero-order chi connectivity index (χ0) is 23.8. The van der Waals surface area contributed by atoms with Gasteiger partial charge in [0.2, 0.25) is 0 Å². The first kappa shape index (κ1) is 25.1. The fourth-order valence-corrected chi connectivity index (χ4v) is 5.38. The lowest BCUT2D eigenvalue weighted by atomic mass is 10.0. The number of piperidine rings is 1. The molecule has 3 rings (SSSR count). The fraction of sp³-hybridized carbons (Fsp3) is 0.480. The molecule has 1 N–H and O–H groups in total. The molecule has 1 amide bonds. The zero-order valence-corrected chi connectivity index (χ0v) is 20.6. The Labute approximate surface area is 197 Å². The summed E-state index contributed by atoms with van der Waals surface area (Å²) in [4.78, 5) is 15.2. The minimum absolute atomic E-state index is 0.0766. The smallest absolute Gasteiger partial charge is 0.264 e. The molecule has 1 unspecified atom stereocenters. The van der Waals surface area contributed by atoms with Crippen LogP contribution < -0.4 is 14.4 Å². The van der Waals surface area contributed by atoms with E-state index in [9.17, 15) is 13.2 Å². The van der Waals surface area contributed by atoms with Gasteiger partial charge in [0.15, 0.2) is 0 Å². The van der Waals surface area contributed by atoms with E-state index in [2.05, 4.69) is 17.1 Å². The standard InChI is InChI=1S/C25H35N3O4S/c1-20-8-7-17-28(19-20)16-5-4-15-26-25(29)21-9-6-10-24(18-21)33(30,31)27(2)22-11-13-23(32-3)14-12-22/h6,9-14,18,20H,4-5,7-8,15-17,19H2,1-3H3,(H,26,29). The molecule has 7 nitrogen and oxygen atoms in total. The fourth-order valence-electron chi connectivity index (χ4n) is 4.14. The van der Waals surface area contributed by atoms with Crippen molar-refractivity contribution in [2.45, 2.75) is 37.5 Å². The minimum Gasteiger partial charge on any atom is -0.497 e. The molecule has 1 fully saturated rings. The van der Waals surface area contributed by atoms with Gasteiger partial charge in [0.05, 0.1) is 17.7 Å². The first-order chi connectivity index (χ1) is 15.8. The number of benzene rings is 2. The Hall–Kier alpha value is -2.58. The Morgan fingerprint density at radius 3 is 2.64 bits per heavy atom. The van der Waals surface area contributed by atoms with Crippen LogP contribution in [0.25, 0.3) is 0 Å². The number of anilines is 1. The number of ether oxygens (including phenoxy) is 1. The number of rotatable bonds is 10. The molecule has 1 aliphatic heterocycles. The largest absolute Gasteiger partial charge is 0.497 e. The monoisotopic (exact) mass is 473 g/mol. The van der Waals surface area contributed by atoms with Crippen molar-refractivity contribution in [3.8, 4) is 5.75 Å². The van der Waals surface area contributed by atoms with Gasteiger partial charge in [0.25, 0.3) is 15.9 Å². The van der Waals surface area contributed by atoms with Gasteiger partial charge in [-0.2, -0.15) is 0 Å². The SMILES string of the molecule is COc1ccc(N(C)S(=O)(=O)c2cccc(C(=O)NCCCCN3CCCC(C)C3)c2)cc1. The first-order valence-electron chi connectivity index (χ1n) is 11.5. The van der Waals surface area contributed by atoms with E-state index in [4.69, 9.17) is 4.74 Å². The number of carbonyl (C=O) groups excluding carboxylic acids is 1. The van der Waals surface area contributed by atoms with Crippen LogP contribution in [0.1, 0.15) is 43.0 Å². The van der Waals surface area contributed by atoms with Gasteiger partial charge in [-0.25, -0.2) is 8.42 Å². The van der Waals surface area contributed by atoms with E-state index >= 15 is 0 Å². The second-order valence-corrected chi connectivity index (χ2v) is 10.7. The number of likely N-dealkylation sites (tertiary alicyclic amines) is 1. The molecule has 33 heavy (non-hydrogen) atoms. The number of carbonyl (C=O) groups is 1. The topological polar surface area (TPSA) is 78.9 Å². The number of nitrogens with zero attached hydrogens (tertiary/aromatic N) is 2. The molecule has 0 radical (unpaired) electrons. The maximum Gasteiger partial charge on any atom is 0.264 e. The van der Waals surface area contributed by atoms with Gasteiger partial charge >= 0.3 is 0 Å². The maximum absolute atomic E-state index is 13.1. The van der Waals surface area contributed by atoms with E-state index in [-0.39, 0.29) is 10.8 Å². The average molecular weight is 474 g/mol. The van der Waals surface area contributed by atoms with Crippen LogP contribution in [0.15, 0.2) is 53.4 Å². The molecule has 1 atom stereocenters. The number of hydrogen-bond donors (Lipinski definition) is 1. The number of methoxy groups -OCH3 is 1. The van der Waals surface area contributed by atoms with Crippen LogP contribution in [0.4, 0.5) is 5.69 Å². The molecular formula is C25H35N3O4S. The number of amides is 1. The van der Waals surface area contributed by atoms with Gasteiger partial charge in [-0.05, 0) is 87.2 Å². The summed E-state index contributed by atoms with van der Waals surface area (Å²) in [5, 5.41) is 2.92. The third kappa shape index (κ3) is 6.71. The molecule has 0 spiro atoms. The lowest BCUT2D eigenvalue weighted by molar-refractivity contribution is 0.0952. The van der Waals surface area contributed by atoms with Crippen LogP contribution in [0, 0.1) is 5.92 Å². The molecule has 0 aliphatic carbocycles. The molecule has 2 aromatic carbocycles. The Morgan fingerprint density at radius 1 is 1.18 bits per heavy atom. The summed E-state index contributed by atoms with van der Waals surface area (Å²) in [5.41, 5.74) is 0.845. The summed E-state index contributed by atoms with van der Waals surface area (Å²) in [6, 6.07) is 12.9. The lowest BCUT2D eigenvalue weighted by Crippen LogP contribution is -2.35. The van der Waals surface area contributed by atoms with Crippen LogP contribution >= 0.6 is 0 Å². The first-order valence-corrected chi connectivity index (χ1v) is 13.0. The molecule has 2 aromatic rings. The highest BCUT2D eigenvalue weighted by Crippen LogP contribution is 2.24. The molecule has 180 valence electrons. The molecule has 0 aromatic heterocycles. The summed E-state index contributed by atoms with van der Waals surface area (Å²) in [7, 11) is -0.757. The lowest BCUT2D eigenvalue weighted by Gasteiger charge is -2.30. The predicted molar refractivity (Wildman–Crippen MR) is 131 cm³/mol. The van der Waals surface area contributed by atoms with Crippen molar-refractivity contribution in [3.63, 3.8) is 0 Å². The van der Waals surface area contributed by atoms with Gasteiger partial charge in [0, 0.05) is 25.7 Å². The van der Waals surface area contributed by atoms with Crippen molar-refractivity contribution in [2.24, 2.45) is 5.92 Å². The second-order valence-electron chi connectivity index (χ2n) is 8.71. The summed E-state index contributed by atoms with van der Waals surface area (Å²) in [5.74, 6) is 1.16. The number of hydrogen-bond acceptors (Lipinski definition) is 5. The molecule has 1 heterocycles. The van der Waals surface area contributed by atoms with Gasteiger partial charge in [-0.15, -0.1) is 0 Å². The normalized spacial score (nSPS) is 16.9. The molecule has 0 saturated carbocycles. The molecular weight excluding hydrogens is 438 g/mol. The van der Waals surface area contributed by atoms with Crippen molar-refractivity contribution >= 4 is 21.6 Å². The van der Waals surface area contributed by atoms with Crippen molar-refractivity contribution in [1.82, 2.24) is 10.2 Å². The van der Waals surface area contributed by atoms with Crippen LogP contribution in [0.2, 0.25) is 0 Å². The minimum atomic E-state index is -3.81. The van der Waals surface area contributed by atoms with E-state index in [0.29, 0.717) is 23.5 Å². The Balaban J connectivity index is 1.54. The van der Waals surface area contributed by atoms with Crippen molar-refractivity contribution in [1.29, 1.82) is 0 Å². The zero-order valence-electron chi connectivity index (χ0n) is 19.8. The van der Waals surface area contributed by atoms with Gasteiger partial charge < -0.3 is 15.0 Å². The van der Waals surface area contributed by atoms with Crippen LogP contribution in [0.5, 0.6) is 5.75 Å². The maximum atomic E-state index is 13.1. The van der Waals surface area contributed by atoms with Gasteiger partial charge in [-0.1, -0.05) is 13.0 Å².